The molecule has 39 heavy (non-hydrogen) atoms. The largest absolute Gasteiger partial charge is 0.296 e. The van der Waals surface area contributed by atoms with Crippen LogP contribution in [0, 0.1) is 6.92 Å². The average molecular weight is 503 g/mol. The zero-order chi connectivity index (χ0) is 26.5. The third-order valence-corrected chi connectivity index (χ3v) is 8.90. The number of carbonyl (C=O) groups is 3. The number of rotatable bonds is 2. The number of allylic oxidation sites excluding steroid dienone is 4. The van der Waals surface area contributed by atoms with Crippen molar-refractivity contribution < 1.29 is 14.4 Å². The number of Topliss-reactive ketones (excluding diaryl/α,β-unsaturated/α-hetero) is 1. The lowest BCUT2D eigenvalue weighted by Crippen LogP contribution is -2.39. The molecule has 0 aliphatic heterocycles. The molecule has 0 saturated heterocycles. The van der Waals surface area contributed by atoms with Crippen LogP contribution in [0.15, 0.2) is 126 Å². The number of hydrogen-bond acceptors (Lipinski definition) is 3. The quantitative estimate of drug-likeness (QED) is 0.205. The minimum atomic E-state index is -1.41. The maximum Gasteiger partial charge on any atom is 0.184 e. The summed E-state index contributed by atoms with van der Waals surface area (Å²) in [7, 11) is 0. The molecule has 2 atom stereocenters. The molecule has 0 aromatic heterocycles. The fraction of sp³-hybridized carbons (Fsp3) is 0.0833. The van der Waals surface area contributed by atoms with E-state index in [9.17, 15) is 9.59 Å². The van der Waals surface area contributed by atoms with E-state index in [1.807, 2.05) is 79.7 Å². The summed E-state index contributed by atoms with van der Waals surface area (Å²) in [4.78, 5) is 43.4. The maximum atomic E-state index is 15.5. The Morgan fingerprint density at radius 3 is 1.51 bits per heavy atom. The molecule has 8 rings (SSSR count). The fourth-order valence-corrected chi connectivity index (χ4v) is 7.59. The van der Waals surface area contributed by atoms with Gasteiger partial charge in [-0.3, -0.25) is 14.4 Å². The topological polar surface area (TPSA) is 51.2 Å². The summed E-state index contributed by atoms with van der Waals surface area (Å²) in [6, 6.07) is 33.6. The summed E-state index contributed by atoms with van der Waals surface area (Å²) in [5.74, 6) is -0.699. The third kappa shape index (κ3) is 2.38. The van der Waals surface area contributed by atoms with Crippen LogP contribution in [0.2, 0.25) is 0 Å². The Labute approximate surface area is 225 Å². The molecule has 3 nitrogen and oxygen atoms in total. The highest BCUT2D eigenvalue weighted by molar-refractivity contribution is 6.38. The second-order valence-corrected chi connectivity index (χ2v) is 10.7. The van der Waals surface area contributed by atoms with Gasteiger partial charge >= 0.3 is 0 Å². The molecule has 0 heterocycles. The fourth-order valence-electron chi connectivity index (χ4n) is 7.59. The Morgan fingerprint density at radius 1 is 0.487 bits per heavy atom. The van der Waals surface area contributed by atoms with Crippen LogP contribution in [0.5, 0.6) is 0 Å². The molecule has 2 bridgehead atoms. The van der Waals surface area contributed by atoms with Crippen LogP contribution in [-0.4, -0.2) is 17.3 Å². The van der Waals surface area contributed by atoms with E-state index in [1.54, 1.807) is 0 Å². The molecule has 0 fully saturated rings. The highest BCUT2D eigenvalue weighted by atomic mass is 16.2. The zero-order valence-electron chi connectivity index (χ0n) is 21.2. The molecule has 3 heteroatoms. The Bertz CT molecular complexity index is 2010. The summed E-state index contributed by atoms with van der Waals surface area (Å²) in [5, 5.41) is 3.93. The minimum Gasteiger partial charge on any atom is -0.296 e. The van der Waals surface area contributed by atoms with Crippen molar-refractivity contribution in [2.75, 3.05) is 0 Å². The standard InChI is InChI=1S/C36H22O3/c1-21-16-17-25-24-14-8-9-15-26(24)30-31(27(25)20-21)36(23-12-6-3-7-13-23)33-29(38)19-18-28(37)32(33)35(30,34(36)39)22-10-4-2-5-11-22/h2-20H,1H3. The smallest absolute Gasteiger partial charge is 0.184 e. The average Bonchev–Trinajstić information content (AvgIpc) is 3.37. The van der Waals surface area contributed by atoms with Crippen LogP contribution in [0.25, 0.3) is 21.5 Å². The van der Waals surface area contributed by atoms with Gasteiger partial charge in [-0.2, -0.15) is 0 Å². The lowest BCUT2D eigenvalue weighted by atomic mass is 9.63. The molecule has 0 N–H and O–H groups in total. The molecule has 5 aromatic rings. The Hall–Kier alpha value is -4.89. The molecule has 3 aliphatic rings. The van der Waals surface area contributed by atoms with E-state index in [2.05, 4.69) is 30.3 Å². The van der Waals surface area contributed by atoms with Gasteiger partial charge in [-0.1, -0.05) is 109 Å². The molecule has 5 aromatic carbocycles. The summed E-state index contributed by atoms with van der Waals surface area (Å²) < 4.78 is 0. The van der Waals surface area contributed by atoms with Crippen LogP contribution in [0.1, 0.15) is 27.8 Å². The van der Waals surface area contributed by atoms with Crippen LogP contribution >= 0.6 is 0 Å². The first-order valence-corrected chi connectivity index (χ1v) is 13.2. The lowest BCUT2D eigenvalue weighted by molar-refractivity contribution is -0.124. The molecular weight excluding hydrogens is 480 g/mol. The van der Waals surface area contributed by atoms with Gasteiger partial charge in [0.05, 0.1) is 0 Å². The van der Waals surface area contributed by atoms with Crippen LogP contribution < -0.4 is 0 Å². The van der Waals surface area contributed by atoms with Crippen molar-refractivity contribution in [1.29, 1.82) is 0 Å². The molecular formula is C36H22O3. The predicted octanol–water partition coefficient (Wildman–Crippen LogP) is 6.47. The lowest BCUT2D eigenvalue weighted by Gasteiger charge is -2.36. The van der Waals surface area contributed by atoms with E-state index in [-0.39, 0.29) is 17.3 Å². The number of benzene rings is 5. The van der Waals surface area contributed by atoms with E-state index in [1.165, 1.54) is 12.2 Å². The highest BCUT2D eigenvalue weighted by Gasteiger charge is 2.73. The number of ketones is 3. The summed E-state index contributed by atoms with van der Waals surface area (Å²) in [6.45, 7) is 2.04. The molecule has 3 aliphatic carbocycles. The monoisotopic (exact) mass is 502 g/mol. The van der Waals surface area contributed by atoms with Crippen molar-refractivity contribution >= 4 is 38.9 Å². The Kier molecular flexibility index (Phi) is 4.18. The second-order valence-electron chi connectivity index (χ2n) is 10.7. The van der Waals surface area contributed by atoms with Gasteiger partial charge < -0.3 is 0 Å². The first kappa shape index (κ1) is 22.1. The van der Waals surface area contributed by atoms with Gasteiger partial charge in [-0.15, -0.1) is 0 Å². The third-order valence-electron chi connectivity index (χ3n) is 8.90. The van der Waals surface area contributed by atoms with Crippen molar-refractivity contribution in [2.24, 2.45) is 0 Å². The van der Waals surface area contributed by atoms with Crippen molar-refractivity contribution in [2.45, 2.75) is 17.8 Å². The van der Waals surface area contributed by atoms with Gasteiger partial charge in [-0.25, -0.2) is 0 Å². The van der Waals surface area contributed by atoms with Gasteiger partial charge in [0.1, 0.15) is 10.8 Å². The Morgan fingerprint density at radius 2 is 0.949 bits per heavy atom. The molecule has 184 valence electrons. The Balaban J connectivity index is 1.73. The highest BCUT2D eigenvalue weighted by Crippen LogP contribution is 2.69. The van der Waals surface area contributed by atoms with Gasteiger partial charge in [-0.05, 0) is 62.9 Å². The maximum absolute atomic E-state index is 15.5. The second kappa shape index (κ2) is 7.36. The summed E-state index contributed by atoms with van der Waals surface area (Å²) in [6.07, 6.45) is 2.68. The van der Waals surface area contributed by atoms with E-state index in [0.29, 0.717) is 22.3 Å². The summed E-state index contributed by atoms with van der Waals surface area (Å²) >= 11 is 0. The van der Waals surface area contributed by atoms with E-state index in [0.717, 1.165) is 38.2 Å². The van der Waals surface area contributed by atoms with Crippen molar-refractivity contribution in [1.82, 2.24) is 0 Å². The molecule has 2 unspecified atom stereocenters. The van der Waals surface area contributed by atoms with Gasteiger partial charge in [0.25, 0.3) is 0 Å². The predicted molar refractivity (Wildman–Crippen MR) is 152 cm³/mol. The SMILES string of the molecule is Cc1ccc2c(c1)c1c(c3ccccc32)C2(c3ccccc3)C(=O)C1(c1ccccc1)C1=C2C(=O)C=CC1=O. The van der Waals surface area contributed by atoms with Crippen LogP contribution in [-0.2, 0) is 25.2 Å². The van der Waals surface area contributed by atoms with Gasteiger partial charge in [0.15, 0.2) is 17.3 Å². The zero-order valence-corrected chi connectivity index (χ0v) is 21.2. The molecule has 0 spiro atoms. The van der Waals surface area contributed by atoms with Gasteiger partial charge in [0.2, 0.25) is 0 Å². The molecule has 0 radical (unpaired) electrons. The number of carbonyl (C=O) groups excluding carboxylic acids is 3. The number of fused-ring (bicyclic) bond motifs is 12. The van der Waals surface area contributed by atoms with E-state index >= 15 is 4.79 Å². The molecule has 0 amide bonds. The van der Waals surface area contributed by atoms with Crippen LogP contribution in [0.4, 0.5) is 0 Å². The summed E-state index contributed by atoms with van der Waals surface area (Å²) in [5.41, 5.74) is 1.95. The number of hydrogen-bond donors (Lipinski definition) is 0. The normalized spacial score (nSPS) is 23.2. The van der Waals surface area contributed by atoms with Crippen molar-refractivity contribution in [3.63, 3.8) is 0 Å². The van der Waals surface area contributed by atoms with Crippen LogP contribution in [0.3, 0.4) is 0 Å². The van der Waals surface area contributed by atoms with Gasteiger partial charge in [0, 0.05) is 11.1 Å². The van der Waals surface area contributed by atoms with E-state index < -0.39 is 10.8 Å². The van der Waals surface area contributed by atoms with E-state index in [4.69, 9.17) is 0 Å². The number of aryl methyl sites for hydroxylation is 1. The molecule has 0 saturated carbocycles. The minimum absolute atomic E-state index is 0.142. The van der Waals surface area contributed by atoms with Crippen molar-refractivity contribution in [3.8, 4) is 0 Å². The first-order chi connectivity index (χ1) is 19.0. The first-order valence-electron chi connectivity index (χ1n) is 13.2. The van der Waals surface area contributed by atoms with Crippen molar-refractivity contribution in [3.05, 3.63) is 154 Å².